The Bertz CT molecular complexity index is 762. The van der Waals surface area contributed by atoms with Gasteiger partial charge in [0.15, 0.2) is 0 Å². The molecular formula is C16H16N4OS. The number of carbonyl (C=O) groups is 1. The predicted molar refractivity (Wildman–Crippen MR) is 86.3 cm³/mol. The van der Waals surface area contributed by atoms with Gasteiger partial charge in [0, 0.05) is 0 Å². The number of aromatic nitrogens is 3. The highest BCUT2D eigenvalue weighted by Crippen LogP contribution is 2.19. The molecule has 1 aromatic carbocycles. The average molecular weight is 312 g/mol. The summed E-state index contributed by atoms with van der Waals surface area (Å²) >= 11 is 1.46. The largest absolute Gasteiger partial charge is 0.345 e. The van der Waals surface area contributed by atoms with Crippen molar-refractivity contribution in [3.8, 4) is 5.69 Å². The van der Waals surface area contributed by atoms with Crippen LogP contribution in [0.15, 0.2) is 48.4 Å². The SMILES string of the molecule is Cc1ccsc1C(=O)NC(C)c1ccc(-n2cncn2)cc1. The lowest BCUT2D eigenvalue weighted by molar-refractivity contribution is 0.0943. The van der Waals surface area contributed by atoms with Gasteiger partial charge < -0.3 is 5.32 Å². The van der Waals surface area contributed by atoms with Crippen LogP contribution < -0.4 is 5.32 Å². The second-order valence-electron chi connectivity index (χ2n) is 5.06. The Kier molecular flexibility index (Phi) is 4.02. The zero-order valence-electron chi connectivity index (χ0n) is 12.4. The molecule has 1 unspecified atom stereocenters. The molecule has 0 aliphatic heterocycles. The Hall–Kier alpha value is -2.47. The van der Waals surface area contributed by atoms with Crippen LogP contribution in [-0.4, -0.2) is 20.7 Å². The number of aryl methyl sites for hydroxylation is 1. The zero-order chi connectivity index (χ0) is 15.5. The predicted octanol–water partition coefficient (Wildman–Crippen LogP) is 3.13. The van der Waals surface area contributed by atoms with Crippen molar-refractivity contribution in [1.82, 2.24) is 20.1 Å². The highest BCUT2D eigenvalue weighted by Gasteiger charge is 2.14. The summed E-state index contributed by atoms with van der Waals surface area (Å²) in [6.07, 6.45) is 3.15. The van der Waals surface area contributed by atoms with Gasteiger partial charge in [-0.1, -0.05) is 12.1 Å². The Balaban J connectivity index is 1.71. The number of carbonyl (C=O) groups excluding carboxylic acids is 1. The van der Waals surface area contributed by atoms with Crippen LogP contribution in [0.4, 0.5) is 0 Å². The van der Waals surface area contributed by atoms with E-state index in [-0.39, 0.29) is 11.9 Å². The third kappa shape index (κ3) is 2.92. The van der Waals surface area contributed by atoms with E-state index in [9.17, 15) is 4.79 Å². The Labute approximate surface area is 132 Å². The van der Waals surface area contributed by atoms with Gasteiger partial charge in [-0.25, -0.2) is 9.67 Å². The second kappa shape index (κ2) is 6.11. The first kappa shape index (κ1) is 14.5. The molecule has 5 nitrogen and oxygen atoms in total. The molecule has 0 bridgehead atoms. The number of benzene rings is 1. The molecule has 2 aromatic heterocycles. The van der Waals surface area contributed by atoms with Gasteiger partial charge in [0.25, 0.3) is 5.91 Å². The maximum atomic E-state index is 12.2. The molecule has 6 heteroatoms. The minimum Gasteiger partial charge on any atom is -0.345 e. The molecule has 3 aromatic rings. The number of rotatable bonds is 4. The summed E-state index contributed by atoms with van der Waals surface area (Å²) < 4.78 is 1.70. The van der Waals surface area contributed by atoms with Gasteiger partial charge in [0.2, 0.25) is 0 Å². The lowest BCUT2D eigenvalue weighted by Gasteiger charge is -2.14. The fourth-order valence-corrected chi connectivity index (χ4v) is 3.04. The van der Waals surface area contributed by atoms with Crippen molar-refractivity contribution in [3.05, 3.63) is 64.4 Å². The normalized spacial score (nSPS) is 12.1. The van der Waals surface area contributed by atoms with Crippen LogP contribution in [0.25, 0.3) is 5.69 Å². The molecular weight excluding hydrogens is 296 g/mol. The summed E-state index contributed by atoms with van der Waals surface area (Å²) in [5.41, 5.74) is 3.00. The molecule has 0 aliphatic carbocycles. The van der Waals surface area contributed by atoms with Crippen molar-refractivity contribution in [2.24, 2.45) is 0 Å². The van der Waals surface area contributed by atoms with Gasteiger partial charge in [-0.15, -0.1) is 11.3 Å². The quantitative estimate of drug-likeness (QED) is 0.805. The number of amides is 1. The maximum absolute atomic E-state index is 12.2. The van der Waals surface area contributed by atoms with E-state index in [1.165, 1.54) is 17.7 Å². The van der Waals surface area contributed by atoms with E-state index in [0.717, 1.165) is 21.7 Å². The molecule has 112 valence electrons. The van der Waals surface area contributed by atoms with Crippen LogP contribution in [0.5, 0.6) is 0 Å². The van der Waals surface area contributed by atoms with E-state index in [4.69, 9.17) is 0 Å². The summed E-state index contributed by atoms with van der Waals surface area (Å²) in [6, 6.07) is 9.80. The van der Waals surface area contributed by atoms with E-state index >= 15 is 0 Å². The van der Waals surface area contributed by atoms with Crippen LogP contribution in [-0.2, 0) is 0 Å². The molecule has 1 N–H and O–H groups in total. The van der Waals surface area contributed by atoms with Crippen molar-refractivity contribution in [2.45, 2.75) is 19.9 Å². The Morgan fingerprint density at radius 3 is 2.64 bits per heavy atom. The number of hydrogen-bond donors (Lipinski definition) is 1. The van der Waals surface area contributed by atoms with Gasteiger partial charge in [0.05, 0.1) is 16.6 Å². The third-order valence-corrected chi connectivity index (χ3v) is 4.51. The van der Waals surface area contributed by atoms with Crippen molar-refractivity contribution >= 4 is 17.2 Å². The molecule has 22 heavy (non-hydrogen) atoms. The van der Waals surface area contributed by atoms with Gasteiger partial charge >= 0.3 is 0 Å². The topological polar surface area (TPSA) is 59.8 Å². The standard InChI is InChI=1S/C16H16N4OS/c1-11-7-8-22-15(11)16(21)19-12(2)13-3-5-14(6-4-13)20-10-17-9-18-20/h3-10,12H,1-2H3,(H,19,21). The summed E-state index contributed by atoms with van der Waals surface area (Å²) in [6.45, 7) is 3.92. The fourth-order valence-electron chi connectivity index (χ4n) is 2.21. The molecule has 0 saturated heterocycles. The molecule has 0 spiro atoms. The van der Waals surface area contributed by atoms with Crippen molar-refractivity contribution in [3.63, 3.8) is 0 Å². The molecule has 2 heterocycles. The van der Waals surface area contributed by atoms with E-state index in [2.05, 4.69) is 15.4 Å². The molecule has 0 fully saturated rings. The Morgan fingerprint density at radius 2 is 2.05 bits per heavy atom. The number of thiophene rings is 1. The van der Waals surface area contributed by atoms with E-state index in [1.54, 1.807) is 11.0 Å². The van der Waals surface area contributed by atoms with Crippen molar-refractivity contribution in [2.75, 3.05) is 0 Å². The second-order valence-corrected chi connectivity index (χ2v) is 5.98. The van der Waals surface area contributed by atoms with Gasteiger partial charge in [0.1, 0.15) is 12.7 Å². The highest BCUT2D eigenvalue weighted by atomic mass is 32.1. The van der Waals surface area contributed by atoms with Crippen LogP contribution in [0.3, 0.4) is 0 Å². The molecule has 1 atom stereocenters. The molecule has 0 radical (unpaired) electrons. The van der Waals surface area contributed by atoms with E-state index < -0.39 is 0 Å². The smallest absolute Gasteiger partial charge is 0.262 e. The Morgan fingerprint density at radius 1 is 1.27 bits per heavy atom. The zero-order valence-corrected chi connectivity index (χ0v) is 13.2. The summed E-state index contributed by atoms with van der Waals surface area (Å²) in [7, 11) is 0. The first-order chi connectivity index (χ1) is 10.6. The summed E-state index contributed by atoms with van der Waals surface area (Å²) in [5, 5.41) is 9.05. The maximum Gasteiger partial charge on any atom is 0.262 e. The third-order valence-electron chi connectivity index (χ3n) is 3.49. The minimum atomic E-state index is -0.0567. The average Bonchev–Trinajstić information content (AvgIpc) is 3.18. The fraction of sp³-hybridized carbons (Fsp3) is 0.188. The minimum absolute atomic E-state index is 0.0275. The van der Waals surface area contributed by atoms with Crippen LogP contribution in [0, 0.1) is 6.92 Å². The highest BCUT2D eigenvalue weighted by molar-refractivity contribution is 7.12. The van der Waals surface area contributed by atoms with Crippen molar-refractivity contribution in [1.29, 1.82) is 0 Å². The molecule has 0 saturated carbocycles. The first-order valence-electron chi connectivity index (χ1n) is 6.95. The number of nitrogens with one attached hydrogen (secondary N) is 1. The summed E-state index contributed by atoms with van der Waals surface area (Å²) in [5.74, 6) is -0.0275. The van der Waals surface area contributed by atoms with Crippen molar-refractivity contribution < 1.29 is 4.79 Å². The summed E-state index contributed by atoms with van der Waals surface area (Å²) in [4.78, 5) is 16.9. The van der Waals surface area contributed by atoms with Crippen LogP contribution in [0.1, 0.15) is 33.8 Å². The molecule has 3 rings (SSSR count). The van der Waals surface area contributed by atoms with Gasteiger partial charge in [-0.3, -0.25) is 4.79 Å². The molecule has 0 aliphatic rings. The number of hydrogen-bond acceptors (Lipinski definition) is 4. The lowest BCUT2D eigenvalue weighted by Crippen LogP contribution is -2.26. The lowest BCUT2D eigenvalue weighted by atomic mass is 10.1. The first-order valence-corrected chi connectivity index (χ1v) is 7.83. The van der Waals surface area contributed by atoms with E-state index in [1.807, 2.05) is 49.6 Å². The van der Waals surface area contributed by atoms with Gasteiger partial charge in [-0.2, -0.15) is 5.10 Å². The number of nitrogens with zero attached hydrogens (tertiary/aromatic N) is 3. The monoisotopic (exact) mass is 312 g/mol. The van der Waals surface area contributed by atoms with Crippen LogP contribution in [0.2, 0.25) is 0 Å². The van der Waals surface area contributed by atoms with Crippen LogP contribution >= 0.6 is 11.3 Å². The molecule has 1 amide bonds. The van der Waals surface area contributed by atoms with Gasteiger partial charge in [-0.05, 0) is 48.6 Å². The van der Waals surface area contributed by atoms with E-state index in [0.29, 0.717) is 0 Å².